The molecule has 0 fully saturated rings. The van der Waals surface area contributed by atoms with Crippen molar-refractivity contribution in [1.29, 1.82) is 0 Å². The number of aromatic nitrogens is 2. The molecule has 23 heavy (non-hydrogen) atoms. The summed E-state index contributed by atoms with van der Waals surface area (Å²) in [4.78, 5) is 14.1. The normalized spacial score (nSPS) is 16.7. The minimum Gasteiger partial charge on any atom is -0.497 e. The quantitative estimate of drug-likeness (QED) is 0.807. The van der Waals surface area contributed by atoms with Gasteiger partial charge < -0.3 is 14.1 Å². The third kappa shape index (κ3) is 1.95. The maximum atomic E-state index is 12.5. The zero-order valence-corrected chi connectivity index (χ0v) is 12.7. The summed E-state index contributed by atoms with van der Waals surface area (Å²) >= 11 is 0. The van der Waals surface area contributed by atoms with Crippen molar-refractivity contribution in [2.24, 2.45) is 0 Å². The molecule has 3 heterocycles. The molecule has 0 bridgehead atoms. The molecule has 116 valence electrons. The molecule has 2 aromatic heterocycles. The smallest absolute Gasteiger partial charge is 0.272 e. The molecule has 0 saturated heterocycles. The number of furan rings is 1. The molecule has 1 N–H and O–H groups in total. The van der Waals surface area contributed by atoms with Gasteiger partial charge in [-0.3, -0.25) is 9.89 Å². The Morgan fingerprint density at radius 3 is 2.91 bits per heavy atom. The number of nitrogens with one attached hydrogen (secondary N) is 1. The third-order valence-corrected chi connectivity index (χ3v) is 4.15. The molecule has 3 aromatic rings. The first-order valence-corrected chi connectivity index (χ1v) is 7.24. The predicted molar refractivity (Wildman–Crippen MR) is 83.2 cm³/mol. The molecule has 6 nitrogen and oxygen atoms in total. The van der Waals surface area contributed by atoms with Gasteiger partial charge in [0.25, 0.3) is 5.91 Å². The highest BCUT2D eigenvalue weighted by molar-refractivity contribution is 5.99. The second-order valence-electron chi connectivity index (χ2n) is 5.43. The topological polar surface area (TPSA) is 71.4 Å². The van der Waals surface area contributed by atoms with E-state index < -0.39 is 0 Å². The van der Waals surface area contributed by atoms with Crippen LogP contribution in [-0.2, 0) is 0 Å². The van der Waals surface area contributed by atoms with Gasteiger partial charge in [0.15, 0.2) is 0 Å². The van der Waals surface area contributed by atoms with Crippen LogP contribution in [0.25, 0.3) is 11.3 Å². The van der Waals surface area contributed by atoms with E-state index in [1.54, 1.807) is 25.3 Å². The van der Waals surface area contributed by atoms with Crippen molar-refractivity contribution in [3.8, 4) is 17.0 Å². The van der Waals surface area contributed by atoms with Crippen molar-refractivity contribution < 1.29 is 13.9 Å². The highest BCUT2D eigenvalue weighted by Crippen LogP contribution is 2.42. The van der Waals surface area contributed by atoms with E-state index in [0.29, 0.717) is 11.5 Å². The van der Waals surface area contributed by atoms with E-state index in [0.717, 1.165) is 22.6 Å². The Morgan fingerprint density at radius 1 is 1.30 bits per heavy atom. The number of carbonyl (C=O) groups excluding carboxylic acids is 1. The highest BCUT2D eigenvalue weighted by Gasteiger charge is 2.41. The summed E-state index contributed by atoms with van der Waals surface area (Å²) in [6.07, 6.45) is 1.61. The molecule has 0 radical (unpaired) electrons. The SMILES string of the molecule is COc1cccc(-c2n[nH]c3c2[C@@H](c2ccco2)N(C)C3=O)c1. The summed E-state index contributed by atoms with van der Waals surface area (Å²) in [5, 5.41) is 7.23. The van der Waals surface area contributed by atoms with Crippen molar-refractivity contribution in [2.45, 2.75) is 6.04 Å². The Balaban J connectivity index is 1.89. The van der Waals surface area contributed by atoms with Crippen molar-refractivity contribution >= 4 is 5.91 Å². The number of hydrogen-bond acceptors (Lipinski definition) is 4. The Morgan fingerprint density at radius 2 is 2.17 bits per heavy atom. The fourth-order valence-electron chi connectivity index (χ4n) is 3.04. The minimum absolute atomic E-state index is 0.0944. The molecule has 0 spiro atoms. The van der Waals surface area contributed by atoms with E-state index in [2.05, 4.69) is 10.2 Å². The number of benzene rings is 1. The fraction of sp³-hybridized carbons (Fsp3) is 0.176. The lowest BCUT2D eigenvalue weighted by atomic mass is 10.0. The van der Waals surface area contributed by atoms with Gasteiger partial charge in [0, 0.05) is 18.2 Å². The second-order valence-corrected chi connectivity index (χ2v) is 5.43. The third-order valence-electron chi connectivity index (χ3n) is 4.15. The number of aromatic amines is 1. The van der Waals surface area contributed by atoms with Crippen LogP contribution < -0.4 is 4.74 Å². The largest absolute Gasteiger partial charge is 0.497 e. The number of rotatable bonds is 3. The van der Waals surface area contributed by atoms with Crippen LogP contribution in [0.1, 0.15) is 27.9 Å². The Hall–Kier alpha value is -3.02. The van der Waals surface area contributed by atoms with E-state index in [1.807, 2.05) is 36.4 Å². The number of H-pyrrole nitrogens is 1. The maximum Gasteiger partial charge on any atom is 0.272 e. The number of nitrogens with zero attached hydrogens (tertiary/aromatic N) is 2. The van der Waals surface area contributed by atoms with Crippen LogP contribution in [0.2, 0.25) is 0 Å². The van der Waals surface area contributed by atoms with Gasteiger partial charge in [0.2, 0.25) is 0 Å². The standard InChI is InChI=1S/C17H15N3O3/c1-20-16(12-7-4-8-23-12)13-14(18-19-15(13)17(20)21)10-5-3-6-11(9-10)22-2/h3-9,16H,1-2H3,(H,18,19)/t16-/m1/s1. The van der Waals surface area contributed by atoms with Crippen LogP contribution in [-0.4, -0.2) is 35.2 Å². The van der Waals surface area contributed by atoms with Gasteiger partial charge in [-0.1, -0.05) is 12.1 Å². The first-order chi connectivity index (χ1) is 11.2. The van der Waals surface area contributed by atoms with Crippen LogP contribution in [0.15, 0.2) is 47.1 Å². The molecule has 1 aliphatic heterocycles. The summed E-state index contributed by atoms with van der Waals surface area (Å²) in [5.41, 5.74) is 2.96. The molecule has 0 unspecified atom stereocenters. The van der Waals surface area contributed by atoms with Gasteiger partial charge in [-0.15, -0.1) is 0 Å². The van der Waals surface area contributed by atoms with Crippen LogP contribution in [0.3, 0.4) is 0 Å². The lowest BCUT2D eigenvalue weighted by Crippen LogP contribution is -2.24. The molecule has 0 saturated carbocycles. The van der Waals surface area contributed by atoms with Crippen LogP contribution in [0.4, 0.5) is 0 Å². The predicted octanol–water partition coefficient (Wildman–Crippen LogP) is 2.85. The van der Waals surface area contributed by atoms with Crippen LogP contribution in [0.5, 0.6) is 5.75 Å². The monoisotopic (exact) mass is 309 g/mol. The number of amides is 1. The number of carbonyl (C=O) groups is 1. The zero-order valence-electron chi connectivity index (χ0n) is 12.7. The fourth-order valence-corrected chi connectivity index (χ4v) is 3.04. The molecule has 1 aromatic carbocycles. The van der Waals surface area contributed by atoms with Gasteiger partial charge in [-0.05, 0) is 24.3 Å². The summed E-state index contributed by atoms with van der Waals surface area (Å²) in [6.45, 7) is 0. The van der Waals surface area contributed by atoms with Gasteiger partial charge in [-0.25, -0.2) is 0 Å². The average molecular weight is 309 g/mol. The number of fused-ring (bicyclic) bond motifs is 1. The molecule has 1 amide bonds. The summed E-state index contributed by atoms with van der Waals surface area (Å²) in [7, 11) is 3.38. The zero-order chi connectivity index (χ0) is 16.0. The van der Waals surface area contributed by atoms with Crippen LogP contribution >= 0.6 is 0 Å². The first kappa shape index (κ1) is 13.6. The number of ether oxygens (including phenoxy) is 1. The number of methoxy groups -OCH3 is 1. The first-order valence-electron chi connectivity index (χ1n) is 7.24. The van der Waals surface area contributed by atoms with E-state index in [9.17, 15) is 4.79 Å². The van der Waals surface area contributed by atoms with E-state index in [1.165, 1.54) is 0 Å². The Bertz CT molecular complexity index is 867. The molecular weight excluding hydrogens is 294 g/mol. The lowest BCUT2D eigenvalue weighted by Gasteiger charge is -2.19. The van der Waals surface area contributed by atoms with E-state index in [4.69, 9.17) is 9.15 Å². The minimum atomic E-state index is -0.285. The van der Waals surface area contributed by atoms with Gasteiger partial charge in [0.1, 0.15) is 23.2 Å². The van der Waals surface area contributed by atoms with Crippen LogP contribution in [0, 0.1) is 0 Å². The molecular formula is C17H15N3O3. The van der Waals surface area contributed by atoms with E-state index in [-0.39, 0.29) is 11.9 Å². The summed E-state index contributed by atoms with van der Waals surface area (Å²) in [6, 6.07) is 11.0. The lowest BCUT2D eigenvalue weighted by molar-refractivity contribution is 0.0777. The molecule has 0 aliphatic carbocycles. The summed E-state index contributed by atoms with van der Waals surface area (Å²) < 4.78 is 10.8. The summed E-state index contributed by atoms with van der Waals surface area (Å²) in [5.74, 6) is 1.36. The number of hydrogen-bond donors (Lipinski definition) is 1. The Kier molecular flexibility index (Phi) is 2.97. The average Bonchev–Trinajstić information content (AvgIpc) is 3.28. The molecule has 1 atom stereocenters. The van der Waals surface area contributed by atoms with Gasteiger partial charge >= 0.3 is 0 Å². The van der Waals surface area contributed by atoms with E-state index >= 15 is 0 Å². The van der Waals surface area contributed by atoms with Gasteiger partial charge in [-0.2, -0.15) is 5.10 Å². The van der Waals surface area contributed by atoms with Crippen molar-refractivity contribution in [3.05, 3.63) is 59.7 Å². The molecule has 1 aliphatic rings. The van der Waals surface area contributed by atoms with Crippen molar-refractivity contribution in [3.63, 3.8) is 0 Å². The van der Waals surface area contributed by atoms with Crippen molar-refractivity contribution in [2.75, 3.05) is 14.2 Å². The second kappa shape index (κ2) is 5.01. The maximum absolute atomic E-state index is 12.5. The highest BCUT2D eigenvalue weighted by atomic mass is 16.5. The van der Waals surface area contributed by atoms with Gasteiger partial charge in [0.05, 0.1) is 19.1 Å². The molecule has 4 rings (SSSR count). The molecule has 6 heteroatoms. The van der Waals surface area contributed by atoms with Crippen molar-refractivity contribution in [1.82, 2.24) is 15.1 Å². The Labute approximate surface area is 132 Å².